The number of amides is 1. The van der Waals surface area contributed by atoms with E-state index >= 15 is 0 Å². The van der Waals surface area contributed by atoms with E-state index in [2.05, 4.69) is 23.6 Å². The summed E-state index contributed by atoms with van der Waals surface area (Å²) in [6.45, 7) is 6.93. The lowest BCUT2D eigenvalue weighted by Crippen LogP contribution is -2.27. The van der Waals surface area contributed by atoms with Crippen LogP contribution in [0.15, 0.2) is 10.5 Å². The maximum absolute atomic E-state index is 11.5. The fourth-order valence-electron chi connectivity index (χ4n) is 2.29. The van der Waals surface area contributed by atoms with Crippen LogP contribution in [0.1, 0.15) is 55.7 Å². The molecule has 1 aliphatic carbocycles. The number of hydrogen-bond donors (Lipinski definition) is 2. The van der Waals surface area contributed by atoms with Crippen LogP contribution in [0, 0.1) is 13.8 Å². The number of carbonyl (C=O) groups excluding carboxylic acids is 1. The maximum Gasteiger partial charge on any atom is 0.220 e. The molecule has 1 unspecified atom stereocenters. The van der Waals surface area contributed by atoms with Crippen LogP contribution in [0.3, 0.4) is 0 Å². The second-order valence-corrected chi connectivity index (χ2v) is 5.49. The third kappa shape index (κ3) is 4.39. The van der Waals surface area contributed by atoms with E-state index in [1.54, 1.807) is 0 Å². The lowest BCUT2D eigenvalue weighted by atomic mass is 10.1. The number of furan rings is 1. The van der Waals surface area contributed by atoms with Crippen molar-refractivity contribution in [3.05, 3.63) is 23.2 Å². The molecule has 1 saturated carbocycles. The lowest BCUT2D eigenvalue weighted by Gasteiger charge is -2.12. The lowest BCUT2D eigenvalue weighted by molar-refractivity contribution is -0.121. The number of carbonyl (C=O) groups is 1. The number of hydrogen-bond acceptors (Lipinski definition) is 3. The van der Waals surface area contributed by atoms with E-state index in [1.807, 2.05) is 13.8 Å². The van der Waals surface area contributed by atoms with Crippen molar-refractivity contribution in [3.63, 3.8) is 0 Å². The largest absolute Gasteiger partial charge is 0.466 e. The van der Waals surface area contributed by atoms with Crippen molar-refractivity contribution in [2.45, 2.75) is 58.5 Å². The molecule has 0 radical (unpaired) electrons. The average molecular weight is 264 g/mol. The zero-order chi connectivity index (χ0) is 13.8. The van der Waals surface area contributed by atoms with Gasteiger partial charge in [-0.15, -0.1) is 0 Å². The molecule has 1 aromatic rings. The van der Waals surface area contributed by atoms with Gasteiger partial charge in [0.25, 0.3) is 0 Å². The highest BCUT2D eigenvalue weighted by atomic mass is 16.3. The molecule has 106 valence electrons. The Hall–Kier alpha value is -1.29. The van der Waals surface area contributed by atoms with Crippen molar-refractivity contribution < 1.29 is 9.21 Å². The fourth-order valence-corrected chi connectivity index (χ4v) is 2.29. The van der Waals surface area contributed by atoms with Crippen molar-refractivity contribution >= 4 is 5.91 Å². The van der Waals surface area contributed by atoms with Crippen LogP contribution in [-0.4, -0.2) is 18.5 Å². The topological polar surface area (TPSA) is 54.3 Å². The monoisotopic (exact) mass is 264 g/mol. The van der Waals surface area contributed by atoms with Crippen LogP contribution in [0.4, 0.5) is 0 Å². The molecule has 1 amide bonds. The third-order valence-corrected chi connectivity index (χ3v) is 3.52. The van der Waals surface area contributed by atoms with Gasteiger partial charge in [-0.1, -0.05) is 0 Å². The molecular weight excluding hydrogens is 240 g/mol. The van der Waals surface area contributed by atoms with Crippen LogP contribution in [0.25, 0.3) is 0 Å². The molecule has 0 spiro atoms. The van der Waals surface area contributed by atoms with E-state index in [-0.39, 0.29) is 11.9 Å². The highest BCUT2D eigenvalue weighted by molar-refractivity contribution is 5.76. The van der Waals surface area contributed by atoms with Gasteiger partial charge in [-0.3, -0.25) is 4.79 Å². The van der Waals surface area contributed by atoms with Crippen molar-refractivity contribution in [2.24, 2.45) is 0 Å². The van der Waals surface area contributed by atoms with Gasteiger partial charge >= 0.3 is 0 Å². The fraction of sp³-hybridized carbons (Fsp3) is 0.667. The predicted molar refractivity (Wildman–Crippen MR) is 75.0 cm³/mol. The predicted octanol–water partition coefficient (Wildman–Crippen LogP) is 2.61. The Labute approximate surface area is 114 Å². The summed E-state index contributed by atoms with van der Waals surface area (Å²) in [6, 6.07) is 2.81. The molecule has 0 bridgehead atoms. The second kappa shape index (κ2) is 6.24. The third-order valence-electron chi connectivity index (χ3n) is 3.52. The molecule has 0 aliphatic heterocycles. The molecule has 1 atom stereocenters. The van der Waals surface area contributed by atoms with Crippen molar-refractivity contribution in [3.8, 4) is 0 Å². The number of aryl methyl sites for hydroxylation is 2. The molecule has 1 fully saturated rings. The molecule has 1 heterocycles. The number of nitrogens with one attached hydrogen (secondary N) is 2. The molecule has 2 N–H and O–H groups in total. The van der Waals surface area contributed by atoms with E-state index in [0.717, 1.165) is 37.3 Å². The second-order valence-electron chi connectivity index (χ2n) is 5.49. The summed E-state index contributed by atoms with van der Waals surface area (Å²) in [6.07, 6.45) is 3.79. The Morgan fingerprint density at radius 1 is 1.47 bits per heavy atom. The van der Waals surface area contributed by atoms with Gasteiger partial charge in [-0.25, -0.2) is 0 Å². The summed E-state index contributed by atoms with van der Waals surface area (Å²) in [5.41, 5.74) is 1.21. The molecule has 4 heteroatoms. The summed E-state index contributed by atoms with van der Waals surface area (Å²) in [5, 5.41) is 6.44. The van der Waals surface area contributed by atoms with Crippen molar-refractivity contribution in [1.29, 1.82) is 0 Å². The highest BCUT2D eigenvalue weighted by Crippen LogP contribution is 2.21. The first-order valence-electron chi connectivity index (χ1n) is 7.16. The summed E-state index contributed by atoms with van der Waals surface area (Å²) in [5.74, 6) is 2.11. The molecule has 2 rings (SSSR count). The molecule has 0 aromatic carbocycles. The van der Waals surface area contributed by atoms with Crippen LogP contribution in [-0.2, 0) is 4.79 Å². The molecule has 1 aliphatic rings. The van der Waals surface area contributed by atoms with Crippen LogP contribution < -0.4 is 10.6 Å². The summed E-state index contributed by atoms with van der Waals surface area (Å²) in [4.78, 5) is 11.5. The smallest absolute Gasteiger partial charge is 0.220 e. The van der Waals surface area contributed by atoms with Gasteiger partial charge in [0, 0.05) is 24.1 Å². The van der Waals surface area contributed by atoms with E-state index < -0.39 is 0 Å². The van der Waals surface area contributed by atoms with Crippen molar-refractivity contribution in [2.75, 3.05) is 6.54 Å². The Morgan fingerprint density at radius 3 is 2.79 bits per heavy atom. The van der Waals surface area contributed by atoms with E-state index in [4.69, 9.17) is 4.42 Å². The Balaban J connectivity index is 1.64. The first-order chi connectivity index (χ1) is 9.06. The standard InChI is InChI=1S/C15H24N2O2/c1-10-9-14(12(3)19-10)11(2)16-8-4-5-15(18)17-13-6-7-13/h9,11,13,16H,4-8H2,1-3H3,(H,17,18). The summed E-state index contributed by atoms with van der Waals surface area (Å²) < 4.78 is 5.53. The maximum atomic E-state index is 11.5. The Kier molecular flexibility index (Phi) is 4.64. The molecule has 0 saturated heterocycles. The minimum Gasteiger partial charge on any atom is -0.466 e. The Bertz CT molecular complexity index is 435. The highest BCUT2D eigenvalue weighted by Gasteiger charge is 2.22. The SMILES string of the molecule is Cc1cc(C(C)NCCCC(=O)NC2CC2)c(C)o1. The minimum absolute atomic E-state index is 0.187. The van der Waals surface area contributed by atoms with Gasteiger partial charge < -0.3 is 15.1 Å². The van der Waals surface area contributed by atoms with Crippen LogP contribution in [0.2, 0.25) is 0 Å². The summed E-state index contributed by atoms with van der Waals surface area (Å²) in [7, 11) is 0. The van der Waals surface area contributed by atoms with E-state index in [0.29, 0.717) is 12.5 Å². The Morgan fingerprint density at radius 2 is 2.21 bits per heavy atom. The number of rotatable bonds is 7. The zero-order valence-electron chi connectivity index (χ0n) is 12.1. The van der Waals surface area contributed by atoms with Crippen LogP contribution in [0.5, 0.6) is 0 Å². The average Bonchev–Trinajstić information content (AvgIpc) is 3.08. The van der Waals surface area contributed by atoms with Gasteiger partial charge in [0.1, 0.15) is 11.5 Å². The van der Waals surface area contributed by atoms with Gasteiger partial charge in [0.15, 0.2) is 0 Å². The molecular formula is C15H24N2O2. The molecule has 19 heavy (non-hydrogen) atoms. The van der Waals surface area contributed by atoms with E-state index in [9.17, 15) is 4.79 Å². The van der Waals surface area contributed by atoms with Gasteiger partial charge in [-0.05, 0) is 52.6 Å². The first kappa shape index (κ1) is 14.1. The van der Waals surface area contributed by atoms with E-state index in [1.165, 1.54) is 5.56 Å². The van der Waals surface area contributed by atoms with Gasteiger partial charge in [0.05, 0.1) is 0 Å². The normalized spacial score (nSPS) is 16.4. The van der Waals surface area contributed by atoms with Crippen molar-refractivity contribution in [1.82, 2.24) is 10.6 Å². The van der Waals surface area contributed by atoms with Crippen LogP contribution >= 0.6 is 0 Å². The zero-order valence-corrected chi connectivity index (χ0v) is 12.1. The molecule has 1 aromatic heterocycles. The van der Waals surface area contributed by atoms with Gasteiger partial charge in [0.2, 0.25) is 5.91 Å². The van der Waals surface area contributed by atoms with Gasteiger partial charge in [-0.2, -0.15) is 0 Å². The molecule has 4 nitrogen and oxygen atoms in total. The summed E-state index contributed by atoms with van der Waals surface area (Å²) >= 11 is 0. The quantitative estimate of drug-likeness (QED) is 0.744. The minimum atomic E-state index is 0.187. The first-order valence-corrected chi connectivity index (χ1v) is 7.16.